The highest BCUT2D eigenvalue weighted by Gasteiger charge is 2.28. The van der Waals surface area contributed by atoms with Gasteiger partial charge in [0, 0.05) is 19.5 Å². The van der Waals surface area contributed by atoms with Crippen LogP contribution in [-0.4, -0.2) is 72.4 Å². The number of nitrogens with two attached hydrogens (primary N) is 1. The fraction of sp³-hybridized carbons (Fsp3) is 0.429. The number of rotatable bonds is 13. The monoisotopic (exact) mass is 589 g/mol. The van der Waals surface area contributed by atoms with E-state index in [0.29, 0.717) is 81.1 Å². The van der Waals surface area contributed by atoms with E-state index in [1.165, 1.54) is 0 Å². The number of morpholine rings is 1. The Hall–Kier alpha value is -3.18. The van der Waals surface area contributed by atoms with Crippen molar-refractivity contribution < 1.29 is 23.6 Å². The van der Waals surface area contributed by atoms with E-state index in [-0.39, 0.29) is 17.6 Å². The van der Waals surface area contributed by atoms with E-state index in [2.05, 4.69) is 15.5 Å². The number of hydrogen-bond acceptors (Lipinski definition) is 8. The number of Topliss-reactive ketones (excluding diaryl/α,β-unsaturated/α-hetero) is 1. The Labute approximate surface area is 243 Å². The van der Waals surface area contributed by atoms with E-state index in [1.54, 1.807) is 11.0 Å². The third-order valence-corrected chi connectivity index (χ3v) is 7.21. The first kappa shape index (κ1) is 29.8. The van der Waals surface area contributed by atoms with Gasteiger partial charge in [-0.25, -0.2) is 4.79 Å². The summed E-state index contributed by atoms with van der Waals surface area (Å²) in [7, 11) is 0. The van der Waals surface area contributed by atoms with E-state index < -0.39 is 6.04 Å². The first-order valence-corrected chi connectivity index (χ1v) is 14.0. The smallest absolute Gasteiger partial charge is 0.318 e. The van der Waals surface area contributed by atoms with Crippen LogP contribution in [-0.2, 0) is 17.6 Å². The van der Waals surface area contributed by atoms with Gasteiger partial charge < -0.3 is 29.9 Å². The second kappa shape index (κ2) is 15.0. The average molecular weight is 591 g/mol. The molecule has 1 aliphatic rings. The maximum absolute atomic E-state index is 13.2. The number of nitrogens with one attached hydrogen (secondary N) is 1. The molecule has 0 unspecified atom stereocenters. The molecular weight excluding hydrogens is 557 g/mol. The molecule has 1 aromatic heterocycles. The van der Waals surface area contributed by atoms with Gasteiger partial charge in [-0.1, -0.05) is 46.6 Å². The van der Waals surface area contributed by atoms with Crippen molar-refractivity contribution in [1.82, 2.24) is 20.4 Å². The predicted molar refractivity (Wildman–Crippen MR) is 151 cm³/mol. The van der Waals surface area contributed by atoms with Crippen molar-refractivity contribution in [2.45, 2.75) is 38.1 Å². The predicted octanol–water partition coefficient (Wildman–Crippen LogP) is 4.31. The minimum Gasteiger partial charge on any atom is -0.493 e. The second-order valence-electron chi connectivity index (χ2n) is 9.43. The Morgan fingerprint density at radius 3 is 2.52 bits per heavy atom. The third-order valence-electron chi connectivity index (χ3n) is 6.47. The van der Waals surface area contributed by atoms with Crippen LogP contribution in [0.15, 0.2) is 47.0 Å². The van der Waals surface area contributed by atoms with Crippen LogP contribution in [0, 0.1) is 0 Å². The zero-order valence-corrected chi connectivity index (χ0v) is 23.6. The third kappa shape index (κ3) is 8.66. The summed E-state index contributed by atoms with van der Waals surface area (Å²) in [5.41, 5.74) is 7.57. The minimum absolute atomic E-state index is 0.0581. The fourth-order valence-corrected chi connectivity index (χ4v) is 4.53. The summed E-state index contributed by atoms with van der Waals surface area (Å²) in [5, 5.41) is 7.77. The summed E-state index contributed by atoms with van der Waals surface area (Å²) in [6.45, 7) is 2.89. The van der Waals surface area contributed by atoms with E-state index in [1.807, 2.05) is 36.4 Å². The van der Waals surface area contributed by atoms with Crippen LogP contribution in [0.4, 0.5) is 4.79 Å². The van der Waals surface area contributed by atoms with Crippen LogP contribution in [0.5, 0.6) is 5.75 Å². The fourth-order valence-electron chi connectivity index (χ4n) is 4.21. The Balaban J connectivity index is 1.30. The molecule has 2 aromatic carbocycles. The molecule has 1 saturated heterocycles. The quantitative estimate of drug-likeness (QED) is 0.222. The molecule has 0 bridgehead atoms. The molecule has 1 atom stereocenters. The van der Waals surface area contributed by atoms with Gasteiger partial charge in [-0.3, -0.25) is 4.79 Å². The molecule has 3 N–H and O–H groups in total. The van der Waals surface area contributed by atoms with Crippen LogP contribution < -0.4 is 15.8 Å². The summed E-state index contributed by atoms with van der Waals surface area (Å²) in [4.78, 5) is 31.9. The average Bonchev–Trinajstić information content (AvgIpc) is 3.44. The van der Waals surface area contributed by atoms with Gasteiger partial charge in [-0.15, -0.1) is 0 Å². The van der Waals surface area contributed by atoms with Crippen LogP contribution in [0.2, 0.25) is 10.0 Å². The SMILES string of the molecule is NCCCC[C@H](NC(=O)N1CCOCC1)C(=O)c1noc(Cc2ccc(OCCc3ccc(Cl)c(Cl)c3)cc2)n1. The standard InChI is InChI=1S/C28H33Cl2N5O5/c29-22-9-6-20(17-23(22)30)10-14-39-21-7-4-19(5-8-21)18-25-33-27(34-40-25)26(36)24(3-1-2-11-31)32-28(37)35-12-15-38-16-13-35/h4-9,17,24H,1-3,10-16,18,31H2,(H,32,37)/t24-/m0/s1. The number of carbonyl (C=O) groups is 2. The van der Waals surface area contributed by atoms with E-state index in [9.17, 15) is 9.59 Å². The molecule has 2 amide bonds. The molecule has 2 heterocycles. The summed E-state index contributed by atoms with van der Waals surface area (Å²) in [6.07, 6.45) is 2.90. The van der Waals surface area contributed by atoms with Crippen LogP contribution in [0.3, 0.4) is 0 Å². The van der Waals surface area contributed by atoms with E-state index >= 15 is 0 Å². The highest BCUT2D eigenvalue weighted by molar-refractivity contribution is 6.42. The Morgan fingerprint density at radius 2 is 1.80 bits per heavy atom. The number of nitrogens with zero attached hydrogens (tertiary/aromatic N) is 3. The maximum atomic E-state index is 13.2. The number of ketones is 1. The first-order chi connectivity index (χ1) is 19.4. The molecule has 40 heavy (non-hydrogen) atoms. The maximum Gasteiger partial charge on any atom is 0.318 e. The minimum atomic E-state index is -0.771. The molecule has 12 heteroatoms. The highest BCUT2D eigenvalue weighted by Crippen LogP contribution is 2.23. The lowest BCUT2D eigenvalue weighted by molar-refractivity contribution is 0.0520. The number of amides is 2. The molecule has 0 spiro atoms. The molecular formula is C28H33Cl2N5O5. The number of halogens is 2. The van der Waals surface area contributed by atoms with Gasteiger partial charge in [0.15, 0.2) is 0 Å². The number of unbranched alkanes of at least 4 members (excludes halogenated alkanes) is 1. The largest absolute Gasteiger partial charge is 0.493 e. The van der Waals surface area contributed by atoms with Crippen molar-refractivity contribution in [2.75, 3.05) is 39.5 Å². The van der Waals surface area contributed by atoms with Gasteiger partial charge in [-0.05, 0) is 61.2 Å². The van der Waals surface area contributed by atoms with E-state index in [0.717, 1.165) is 23.3 Å². The normalized spacial score (nSPS) is 14.1. The Kier molecular flexibility index (Phi) is 11.2. The Bertz CT molecular complexity index is 1260. The van der Waals surface area contributed by atoms with Gasteiger partial charge in [0.1, 0.15) is 5.75 Å². The topological polar surface area (TPSA) is 133 Å². The summed E-state index contributed by atoms with van der Waals surface area (Å²) in [6, 6.07) is 12.0. The number of ether oxygens (including phenoxy) is 2. The zero-order chi connectivity index (χ0) is 28.3. The van der Waals surface area contributed by atoms with Gasteiger partial charge in [-0.2, -0.15) is 4.98 Å². The van der Waals surface area contributed by atoms with Gasteiger partial charge >= 0.3 is 6.03 Å². The summed E-state index contributed by atoms with van der Waals surface area (Å²) >= 11 is 12.0. The van der Waals surface area contributed by atoms with Crippen molar-refractivity contribution in [2.24, 2.45) is 5.73 Å². The van der Waals surface area contributed by atoms with Gasteiger partial charge in [0.25, 0.3) is 0 Å². The molecule has 0 saturated carbocycles. The van der Waals surface area contributed by atoms with Crippen molar-refractivity contribution in [3.8, 4) is 5.75 Å². The zero-order valence-electron chi connectivity index (χ0n) is 22.1. The van der Waals surface area contributed by atoms with Crippen LogP contribution in [0.1, 0.15) is 46.9 Å². The van der Waals surface area contributed by atoms with Crippen molar-refractivity contribution >= 4 is 35.0 Å². The van der Waals surface area contributed by atoms with Crippen molar-refractivity contribution in [3.63, 3.8) is 0 Å². The number of urea groups is 1. The lowest BCUT2D eigenvalue weighted by atomic mass is 10.0. The van der Waals surface area contributed by atoms with E-state index in [4.69, 9.17) is 42.9 Å². The van der Waals surface area contributed by atoms with Gasteiger partial charge in [0.2, 0.25) is 17.5 Å². The molecule has 214 valence electrons. The summed E-state index contributed by atoms with van der Waals surface area (Å²) < 4.78 is 16.5. The van der Waals surface area contributed by atoms with Crippen LogP contribution >= 0.6 is 23.2 Å². The highest BCUT2D eigenvalue weighted by atomic mass is 35.5. The number of hydrogen-bond donors (Lipinski definition) is 2. The lowest BCUT2D eigenvalue weighted by Gasteiger charge is -2.28. The van der Waals surface area contributed by atoms with Crippen molar-refractivity contribution in [3.05, 3.63) is 75.4 Å². The van der Waals surface area contributed by atoms with Gasteiger partial charge in [0.05, 0.1) is 42.3 Å². The first-order valence-electron chi connectivity index (χ1n) is 13.3. The molecule has 4 rings (SSSR count). The number of aromatic nitrogens is 2. The second-order valence-corrected chi connectivity index (χ2v) is 10.2. The lowest BCUT2D eigenvalue weighted by Crippen LogP contribution is -2.51. The van der Waals surface area contributed by atoms with Crippen LogP contribution in [0.25, 0.3) is 0 Å². The molecule has 10 nitrogen and oxygen atoms in total. The van der Waals surface area contributed by atoms with Crippen molar-refractivity contribution in [1.29, 1.82) is 0 Å². The number of benzene rings is 2. The summed E-state index contributed by atoms with van der Waals surface area (Å²) in [5.74, 6) is 0.579. The molecule has 1 aliphatic heterocycles. The molecule has 0 aliphatic carbocycles. The molecule has 1 fully saturated rings. The Morgan fingerprint density at radius 1 is 1.05 bits per heavy atom. The molecule has 0 radical (unpaired) electrons. The number of carbonyl (C=O) groups excluding carboxylic acids is 2. The molecule has 3 aromatic rings.